The summed E-state index contributed by atoms with van der Waals surface area (Å²) in [7, 11) is 0. The zero-order chi connectivity index (χ0) is 14.4. The van der Waals surface area contributed by atoms with Crippen molar-refractivity contribution < 1.29 is 0 Å². The highest BCUT2D eigenvalue weighted by Gasteiger charge is 2.52. The first-order valence-electron chi connectivity index (χ1n) is 6.83. The average Bonchev–Trinajstić information content (AvgIpc) is 2.93. The number of hydrogen-bond donors (Lipinski definition) is 0. The van der Waals surface area contributed by atoms with Gasteiger partial charge in [-0.15, -0.1) is 23.2 Å². The number of hydrogen-bond acceptors (Lipinski definition) is 0. The van der Waals surface area contributed by atoms with E-state index >= 15 is 0 Å². The lowest BCUT2D eigenvalue weighted by atomic mass is 9.48. The lowest BCUT2D eigenvalue weighted by molar-refractivity contribution is 1.13. The zero-order valence-electron chi connectivity index (χ0n) is 12.4. The molecule has 0 radical (unpaired) electrons. The van der Waals surface area contributed by atoms with Gasteiger partial charge in [0.05, 0.1) is 4.51 Å². The van der Waals surface area contributed by atoms with Crippen molar-refractivity contribution in [2.75, 3.05) is 12.3 Å². The molecule has 2 aliphatic rings. The number of alkyl halides is 2. The molecule has 0 amide bonds. The largest absolute Gasteiger partial charge is 0.170 e. The summed E-state index contributed by atoms with van der Waals surface area (Å²) in [4.78, 5) is 0. The van der Waals surface area contributed by atoms with Crippen LogP contribution >= 0.6 is 30.1 Å². The number of halogens is 2. The number of rotatable bonds is 3. The Balaban J connectivity index is 2.69. The van der Waals surface area contributed by atoms with E-state index in [1.807, 2.05) is 0 Å². The molecule has 0 bridgehead atoms. The highest BCUT2D eigenvalue weighted by molar-refractivity contribution is 7.82. The van der Waals surface area contributed by atoms with Gasteiger partial charge in [-0.25, -0.2) is 0 Å². The van der Waals surface area contributed by atoms with E-state index in [0.717, 1.165) is 6.42 Å². The minimum absolute atomic E-state index is 0.291. The molecule has 1 heterocycles. The molecule has 0 aromatic carbocycles. The van der Waals surface area contributed by atoms with Crippen LogP contribution in [-0.4, -0.2) is 28.8 Å². The van der Waals surface area contributed by atoms with Crippen molar-refractivity contribution in [1.82, 2.24) is 0 Å². The van der Waals surface area contributed by atoms with Crippen LogP contribution in [0.2, 0.25) is 13.6 Å². The van der Waals surface area contributed by atoms with Crippen molar-refractivity contribution >= 4 is 42.1 Å². The molecule has 2 unspecified atom stereocenters. The SMILES string of the molecule is CB(C)C1(Cl)C(C2=CC=CC2)=C(C)C(C)=P1(C)CCl. The Labute approximate surface area is 128 Å². The minimum Gasteiger partial charge on any atom is -0.122 e. The molecular formula is C15H22BCl2P. The maximum atomic E-state index is 7.27. The second-order valence-corrected chi connectivity index (χ2v) is 11.6. The molecule has 2 atom stereocenters. The molecule has 4 heteroatoms. The molecule has 0 aromatic heterocycles. The van der Waals surface area contributed by atoms with Gasteiger partial charge in [-0.3, -0.25) is 0 Å². The second-order valence-electron chi connectivity index (χ2n) is 6.05. The third-order valence-corrected chi connectivity index (χ3v) is 12.5. The molecule has 104 valence electrons. The van der Waals surface area contributed by atoms with E-state index in [4.69, 9.17) is 23.2 Å². The molecule has 0 aromatic rings. The minimum atomic E-state index is -1.53. The summed E-state index contributed by atoms with van der Waals surface area (Å²) >= 11 is 13.7. The van der Waals surface area contributed by atoms with E-state index in [1.54, 1.807) is 0 Å². The lowest BCUT2D eigenvalue weighted by Crippen LogP contribution is -2.38. The normalized spacial score (nSPS) is 34.3. The van der Waals surface area contributed by atoms with Gasteiger partial charge < -0.3 is 0 Å². The lowest BCUT2D eigenvalue weighted by Gasteiger charge is -2.40. The van der Waals surface area contributed by atoms with Gasteiger partial charge in [0.2, 0.25) is 0 Å². The van der Waals surface area contributed by atoms with E-state index in [-0.39, 0.29) is 4.51 Å². The standard InChI is InChI=1S/C15H22BCl2P/c1-11-12(2)19(5,10-17)15(18,16(3)4)14(11)13-8-6-7-9-13/h6-8H,9-10H2,1-5H3. The summed E-state index contributed by atoms with van der Waals surface area (Å²) < 4.78 is -0.291. The van der Waals surface area contributed by atoms with E-state index in [1.165, 1.54) is 22.0 Å². The van der Waals surface area contributed by atoms with E-state index in [9.17, 15) is 0 Å². The van der Waals surface area contributed by atoms with Gasteiger partial charge in [0.25, 0.3) is 0 Å². The van der Waals surface area contributed by atoms with Crippen molar-refractivity contribution in [2.24, 2.45) is 0 Å². The van der Waals surface area contributed by atoms with Crippen LogP contribution < -0.4 is 0 Å². The summed E-state index contributed by atoms with van der Waals surface area (Å²) in [6.45, 7) is 10.1. The van der Waals surface area contributed by atoms with E-state index in [2.05, 4.69) is 52.4 Å². The van der Waals surface area contributed by atoms with Gasteiger partial charge in [-0.1, -0.05) is 38.8 Å². The molecule has 0 N–H and O–H groups in total. The molecule has 1 aliphatic carbocycles. The molecule has 1 aliphatic heterocycles. The first kappa shape index (κ1) is 15.6. The third-order valence-electron chi connectivity index (χ3n) is 4.82. The summed E-state index contributed by atoms with van der Waals surface area (Å²) in [5.41, 5.74) is 4.80. The van der Waals surface area contributed by atoms with Crippen molar-refractivity contribution in [3.8, 4) is 0 Å². The van der Waals surface area contributed by atoms with Crippen LogP contribution in [0.3, 0.4) is 0 Å². The Morgan fingerprint density at radius 3 is 2.42 bits per heavy atom. The van der Waals surface area contributed by atoms with Gasteiger partial charge >= 0.3 is 0 Å². The maximum Gasteiger partial charge on any atom is 0.170 e. The van der Waals surface area contributed by atoms with E-state index in [0.29, 0.717) is 12.3 Å². The highest BCUT2D eigenvalue weighted by Crippen LogP contribution is 2.70. The van der Waals surface area contributed by atoms with Crippen LogP contribution in [0.1, 0.15) is 20.3 Å². The van der Waals surface area contributed by atoms with Crippen LogP contribution in [-0.2, 0) is 0 Å². The molecule has 19 heavy (non-hydrogen) atoms. The Bertz CT molecular complexity index is 554. The summed E-state index contributed by atoms with van der Waals surface area (Å²) in [6.07, 6.45) is 7.56. The van der Waals surface area contributed by atoms with Crippen molar-refractivity contribution in [1.29, 1.82) is 0 Å². The molecule has 0 fully saturated rings. The summed E-state index contributed by atoms with van der Waals surface area (Å²) in [5, 5.41) is 1.45. The van der Waals surface area contributed by atoms with Crippen LogP contribution in [0, 0.1) is 0 Å². The molecule has 0 nitrogen and oxygen atoms in total. The Hall–Kier alpha value is 0.165. The molecule has 0 spiro atoms. The fourth-order valence-corrected chi connectivity index (χ4v) is 9.19. The van der Waals surface area contributed by atoms with Gasteiger partial charge in [-0.2, -0.15) is 0 Å². The summed E-state index contributed by atoms with van der Waals surface area (Å²) in [6, 6.07) is 0. The number of allylic oxidation sites excluding steroid dienone is 6. The van der Waals surface area contributed by atoms with E-state index < -0.39 is 6.89 Å². The smallest absolute Gasteiger partial charge is 0.122 e. The monoisotopic (exact) mass is 314 g/mol. The van der Waals surface area contributed by atoms with Crippen LogP contribution in [0.25, 0.3) is 0 Å². The van der Waals surface area contributed by atoms with Crippen molar-refractivity contribution in [3.05, 3.63) is 34.9 Å². The van der Waals surface area contributed by atoms with Gasteiger partial charge in [0.1, 0.15) is 0 Å². The van der Waals surface area contributed by atoms with Gasteiger partial charge in [-0.05, 0) is 48.9 Å². The Morgan fingerprint density at radius 2 is 2.00 bits per heavy atom. The molecule has 0 saturated carbocycles. The first-order valence-corrected chi connectivity index (χ1v) is 10.2. The summed E-state index contributed by atoms with van der Waals surface area (Å²) in [5.74, 6) is 0. The topological polar surface area (TPSA) is 0 Å². The van der Waals surface area contributed by atoms with Gasteiger partial charge in [0, 0.05) is 5.62 Å². The molecule has 0 saturated heterocycles. The fraction of sp³-hybridized carbons (Fsp3) is 0.533. The molecular weight excluding hydrogens is 293 g/mol. The highest BCUT2D eigenvalue weighted by atomic mass is 35.5. The second kappa shape index (κ2) is 5.17. The zero-order valence-corrected chi connectivity index (χ0v) is 14.8. The van der Waals surface area contributed by atoms with Crippen LogP contribution in [0.15, 0.2) is 34.9 Å². The van der Waals surface area contributed by atoms with Crippen molar-refractivity contribution in [3.63, 3.8) is 0 Å². The Kier molecular flexibility index (Phi) is 4.23. The fourth-order valence-electron chi connectivity index (χ4n) is 3.44. The van der Waals surface area contributed by atoms with Crippen LogP contribution in [0.4, 0.5) is 0 Å². The Morgan fingerprint density at radius 1 is 1.37 bits per heavy atom. The average molecular weight is 315 g/mol. The predicted octanol–water partition coefficient (Wildman–Crippen LogP) is 5.47. The quantitative estimate of drug-likeness (QED) is 0.368. The maximum absolute atomic E-state index is 7.27. The van der Waals surface area contributed by atoms with Crippen molar-refractivity contribution in [2.45, 2.75) is 38.4 Å². The first-order chi connectivity index (χ1) is 8.80. The predicted molar refractivity (Wildman–Crippen MR) is 94.9 cm³/mol. The van der Waals surface area contributed by atoms with Crippen LogP contribution in [0.5, 0.6) is 0 Å². The third kappa shape index (κ3) is 1.96. The van der Waals surface area contributed by atoms with Gasteiger partial charge in [0.15, 0.2) is 6.71 Å². The molecule has 2 rings (SSSR count).